The Hall–Kier alpha value is -2.54. The summed E-state index contributed by atoms with van der Waals surface area (Å²) in [7, 11) is 2.97. The van der Waals surface area contributed by atoms with E-state index in [2.05, 4.69) is 5.32 Å². The predicted molar refractivity (Wildman–Crippen MR) is 90.7 cm³/mol. The molecular weight excluding hydrogens is 330 g/mol. The molecule has 2 aromatic rings. The van der Waals surface area contributed by atoms with E-state index in [1.807, 2.05) is 24.4 Å². The zero-order valence-electron chi connectivity index (χ0n) is 13.7. The number of nitrogens with one attached hydrogen (secondary N) is 1. The number of hydrogen-bond donors (Lipinski definition) is 1. The molecule has 0 fully saturated rings. The summed E-state index contributed by atoms with van der Waals surface area (Å²) >= 11 is 1.55. The van der Waals surface area contributed by atoms with E-state index in [-0.39, 0.29) is 24.1 Å². The molecule has 0 unspecified atom stereocenters. The summed E-state index contributed by atoms with van der Waals surface area (Å²) in [6.07, 6.45) is 0. The van der Waals surface area contributed by atoms with Crippen LogP contribution in [-0.4, -0.2) is 32.7 Å². The highest BCUT2D eigenvalue weighted by Crippen LogP contribution is 2.25. The van der Waals surface area contributed by atoms with Crippen LogP contribution in [0.1, 0.15) is 28.2 Å². The average molecular weight is 349 g/mol. The van der Waals surface area contributed by atoms with E-state index < -0.39 is 5.97 Å². The van der Waals surface area contributed by atoms with Crippen LogP contribution in [-0.2, 0) is 9.53 Å². The Morgan fingerprint density at radius 1 is 1.21 bits per heavy atom. The predicted octanol–water partition coefficient (Wildman–Crippen LogP) is 2.80. The van der Waals surface area contributed by atoms with Gasteiger partial charge in [-0.15, -0.1) is 11.3 Å². The van der Waals surface area contributed by atoms with Crippen LogP contribution in [0, 0.1) is 0 Å². The van der Waals surface area contributed by atoms with Gasteiger partial charge in [-0.25, -0.2) is 4.79 Å². The lowest BCUT2D eigenvalue weighted by molar-refractivity contribution is -0.124. The maximum Gasteiger partial charge on any atom is 0.342 e. The number of carbonyl (C=O) groups is 2. The van der Waals surface area contributed by atoms with E-state index in [0.29, 0.717) is 11.5 Å². The number of ether oxygens (including phenoxy) is 3. The van der Waals surface area contributed by atoms with Gasteiger partial charge in [-0.3, -0.25) is 4.79 Å². The van der Waals surface area contributed by atoms with Crippen LogP contribution in [0.3, 0.4) is 0 Å². The molecule has 128 valence electrons. The zero-order chi connectivity index (χ0) is 17.5. The molecule has 7 heteroatoms. The van der Waals surface area contributed by atoms with Gasteiger partial charge in [-0.05, 0) is 30.5 Å². The van der Waals surface area contributed by atoms with E-state index in [9.17, 15) is 9.59 Å². The number of esters is 1. The van der Waals surface area contributed by atoms with Crippen molar-refractivity contribution in [2.45, 2.75) is 13.0 Å². The summed E-state index contributed by atoms with van der Waals surface area (Å²) in [6.45, 7) is 1.52. The van der Waals surface area contributed by atoms with Gasteiger partial charge in [0.2, 0.25) is 0 Å². The molecule has 1 aromatic heterocycles. The van der Waals surface area contributed by atoms with Gasteiger partial charge in [-0.2, -0.15) is 0 Å². The Morgan fingerprint density at radius 2 is 2.00 bits per heavy atom. The molecule has 24 heavy (non-hydrogen) atoms. The Morgan fingerprint density at radius 3 is 2.62 bits per heavy atom. The van der Waals surface area contributed by atoms with Crippen molar-refractivity contribution in [3.8, 4) is 11.5 Å². The number of carbonyl (C=O) groups excluding carboxylic acids is 2. The number of thiophene rings is 1. The quantitative estimate of drug-likeness (QED) is 0.778. The molecule has 1 heterocycles. The van der Waals surface area contributed by atoms with Gasteiger partial charge in [0.15, 0.2) is 6.61 Å². The number of rotatable bonds is 7. The summed E-state index contributed by atoms with van der Waals surface area (Å²) in [6, 6.07) is 8.45. The maximum absolute atomic E-state index is 12.1. The first-order chi connectivity index (χ1) is 11.5. The Balaban J connectivity index is 1.92. The van der Waals surface area contributed by atoms with Crippen LogP contribution in [0.25, 0.3) is 0 Å². The smallest absolute Gasteiger partial charge is 0.342 e. The van der Waals surface area contributed by atoms with Gasteiger partial charge < -0.3 is 19.5 Å². The van der Waals surface area contributed by atoms with Gasteiger partial charge in [0.05, 0.1) is 20.3 Å². The third kappa shape index (κ3) is 4.48. The second-order valence-electron chi connectivity index (χ2n) is 4.95. The van der Waals surface area contributed by atoms with E-state index in [1.54, 1.807) is 23.5 Å². The van der Waals surface area contributed by atoms with Crippen molar-refractivity contribution in [1.29, 1.82) is 0 Å². The van der Waals surface area contributed by atoms with Crippen molar-refractivity contribution < 1.29 is 23.8 Å². The molecule has 0 spiro atoms. The lowest BCUT2D eigenvalue weighted by Gasteiger charge is -2.13. The second kappa shape index (κ2) is 8.35. The Labute approximate surface area is 144 Å². The summed E-state index contributed by atoms with van der Waals surface area (Å²) in [5, 5.41) is 4.72. The third-order valence-corrected chi connectivity index (χ3v) is 4.37. The molecule has 2 rings (SSSR count). The van der Waals surface area contributed by atoms with Gasteiger partial charge in [-0.1, -0.05) is 6.07 Å². The summed E-state index contributed by atoms with van der Waals surface area (Å²) < 4.78 is 15.3. The van der Waals surface area contributed by atoms with E-state index in [0.717, 1.165) is 4.88 Å². The molecule has 0 saturated heterocycles. The van der Waals surface area contributed by atoms with E-state index >= 15 is 0 Å². The third-order valence-electron chi connectivity index (χ3n) is 3.31. The number of benzene rings is 1. The fourth-order valence-corrected chi connectivity index (χ4v) is 2.80. The minimum atomic E-state index is -0.631. The molecule has 0 saturated carbocycles. The minimum Gasteiger partial charge on any atom is -0.497 e. The Bertz CT molecular complexity index is 699. The molecule has 6 nitrogen and oxygen atoms in total. The fourth-order valence-electron chi connectivity index (χ4n) is 2.07. The zero-order valence-corrected chi connectivity index (χ0v) is 14.5. The minimum absolute atomic E-state index is 0.133. The molecule has 1 atom stereocenters. The van der Waals surface area contributed by atoms with Crippen molar-refractivity contribution in [3.63, 3.8) is 0 Å². The lowest BCUT2D eigenvalue weighted by atomic mass is 10.2. The molecule has 0 bridgehead atoms. The van der Waals surface area contributed by atoms with Gasteiger partial charge in [0.1, 0.15) is 17.1 Å². The van der Waals surface area contributed by atoms with Crippen LogP contribution in [0.2, 0.25) is 0 Å². The molecule has 0 aliphatic rings. The summed E-state index contributed by atoms with van der Waals surface area (Å²) in [5.74, 6) is -0.109. The first kappa shape index (κ1) is 17.8. The molecule has 0 aliphatic heterocycles. The topological polar surface area (TPSA) is 73.9 Å². The number of amides is 1. The summed E-state index contributed by atoms with van der Waals surface area (Å²) in [5.41, 5.74) is 0.234. The molecule has 1 aromatic carbocycles. The van der Waals surface area contributed by atoms with E-state index in [1.165, 1.54) is 20.3 Å². The van der Waals surface area contributed by atoms with Crippen LogP contribution in [0.5, 0.6) is 11.5 Å². The highest BCUT2D eigenvalue weighted by atomic mass is 32.1. The van der Waals surface area contributed by atoms with Crippen LogP contribution in [0.15, 0.2) is 35.7 Å². The lowest BCUT2D eigenvalue weighted by Crippen LogP contribution is -2.30. The van der Waals surface area contributed by atoms with Crippen LogP contribution in [0.4, 0.5) is 0 Å². The van der Waals surface area contributed by atoms with E-state index in [4.69, 9.17) is 14.2 Å². The van der Waals surface area contributed by atoms with Crippen molar-refractivity contribution >= 4 is 23.2 Å². The molecule has 1 N–H and O–H groups in total. The normalized spacial score (nSPS) is 11.5. The van der Waals surface area contributed by atoms with Crippen molar-refractivity contribution in [1.82, 2.24) is 5.32 Å². The number of methoxy groups -OCH3 is 2. The fraction of sp³-hybridized carbons (Fsp3) is 0.294. The maximum atomic E-state index is 12.1. The first-order valence-corrected chi connectivity index (χ1v) is 8.15. The molecule has 1 amide bonds. The molecular formula is C17H19NO5S. The van der Waals surface area contributed by atoms with Crippen LogP contribution >= 0.6 is 11.3 Å². The monoisotopic (exact) mass is 349 g/mol. The highest BCUT2D eigenvalue weighted by molar-refractivity contribution is 7.10. The van der Waals surface area contributed by atoms with Crippen molar-refractivity contribution in [2.24, 2.45) is 0 Å². The largest absolute Gasteiger partial charge is 0.497 e. The van der Waals surface area contributed by atoms with Crippen molar-refractivity contribution in [3.05, 3.63) is 46.2 Å². The number of hydrogen-bond acceptors (Lipinski definition) is 6. The summed E-state index contributed by atoms with van der Waals surface area (Å²) in [4.78, 5) is 25.1. The van der Waals surface area contributed by atoms with Crippen molar-refractivity contribution in [2.75, 3.05) is 20.8 Å². The molecule has 0 aliphatic carbocycles. The van der Waals surface area contributed by atoms with Crippen LogP contribution < -0.4 is 14.8 Å². The van der Waals surface area contributed by atoms with Gasteiger partial charge >= 0.3 is 5.97 Å². The van der Waals surface area contributed by atoms with Gasteiger partial charge in [0.25, 0.3) is 5.91 Å². The SMILES string of the molecule is COc1ccc(C(=O)OCC(=O)N[C@H](C)c2cccs2)c(OC)c1. The standard InChI is InChI=1S/C17H19NO5S/c1-11(15-5-4-8-24-15)18-16(19)10-23-17(20)13-7-6-12(21-2)9-14(13)22-3/h4-9,11H,10H2,1-3H3,(H,18,19)/t11-/m1/s1. The second-order valence-corrected chi connectivity index (χ2v) is 5.93. The molecule has 0 radical (unpaired) electrons. The highest BCUT2D eigenvalue weighted by Gasteiger charge is 2.17. The first-order valence-electron chi connectivity index (χ1n) is 7.27. The average Bonchev–Trinajstić information content (AvgIpc) is 3.13. The Kier molecular flexibility index (Phi) is 6.20. The van der Waals surface area contributed by atoms with Gasteiger partial charge in [0, 0.05) is 10.9 Å².